The first kappa shape index (κ1) is 13.1. The van der Waals surface area contributed by atoms with Crippen molar-refractivity contribution in [3.8, 4) is 0 Å². The first-order chi connectivity index (χ1) is 11.9. The van der Waals surface area contributed by atoms with Gasteiger partial charge in [0.15, 0.2) is 0 Å². The van der Waals surface area contributed by atoms with Crippen molar-refractivity contribution in [2.45, 2.75) is 6.04 Å². The van der Waals surface area contributed by atoms with E-state index in [1.54, 1.807) is 0 Å². The minimum absolute atomic E-state index is 0.0250. The largest absolute Gasteiger partial charge is 0.340 e. The first-order valence-electron chi connectivity index (χ1n) is 7.91. The molecule has 0 aliphatic carbocycles. The van der Waals surface area contributed by atoms with Crippen LogP contribution in [0.15, 0.2) is 73.0 Å². The topological polar surface area (TPSA) is 60.6 Å². The minimum Gasteiger partial charge on any atom is -0.340 e. The number of para-hydroxylation sites is 4. The minimum atomic E-state index is -0.0250. The van der Waals surface area contributed by atoms with Crippen molar-refractivity contribution >= 4 is 28.0 Å². The summed E-state index contributed by atoms with van der Waals surface area (Å²) in [5.74, 6) is 1.71. The predicted octanol–water partition coefficient (Wildman–Crippen LogP) is 4.07. The molecule has 2 aromatic carbocycles. The fourth-order valence-corrected chi connectivity index (χ4v) is 3.10. The maximum Gasteiger partial charge on any atom is 0.208 e. The zero-order valence-corrected chi connectivity index (χ0v) is 12.8. The number of aromatic amines is 2. The van der Waals surface area contributed by atoms with Crippen LogP contribution in [0, 0.1) is 0 Å². The smallest absolute Gasteiger partial charge is 0.208 e. The fourth-order valence-electron chi connectivity index (χ4n) is 3.10. The third-order valence-corrected chi connectivity index (χ3v) is 4.26. The highest BCUT2D eigenvalue weighted by atomic mass is 15.3. The van der Waals surface area contributed by atoms with Crippen molar-refractivity contribution in [1.82, 2.24) is 19.9 Å². The van der Waals surface area contributed by atoms with Gasteiger partial charge in [0.2, 0.25) is 5.95 Å². The molecule has 0 spiro atoms. The second-order valence-electron chi connectivity index (χ2n) is 5.80. The van der Waals surface area contributed by atoms with Gasteiger partial charge in [-0.1, -0.05) is 36.4 Å². The van der Waals surface area contributed by atoms with Crippen molar-refractivity contribution in [2.75, 3.05) is 4.90 Å². The molecule has 1 atom stereocenters. The van der Waals surface area contributed by atoms with Crippen LogP contribution in [0.5, 0.6) is 0 Å². The van der Waals surface area contributed by atoms with Crippen LogP contribution in [0.25, 0.3) is 22.1 Å². The number of H-pyrrole nitrogens is 2. The lowest BCUT2D eigenvalue weighted by Crippen LogP contribution is -2.25. The molecule has 5 nitrogen and oxygen atoms in total. The number of hydrogen-bond acceptors (Lipinski definition) is 3. The zero-order valence-electron chi connectivity index (χ0n) is 12.8. The molecule has 0 bridgehead atoms. The van der Waals surface area contributed by atoms with Crippen molar-refractivity contribution < 1.29 is 0 Å². The van der Waals surface area contributed by atoms with Crippen LogP contribution in [-0.4, -0.2) is 19.9 Å². The van der Waals surface area contributed by atoms with Gasteiger partial charge in [-0.2, -0.15) is 0 Å². The molecule has 0 radical (unpaired) electrons. The average Bonchev–Trinajstić information content (AvgIpc) is 3.25. The summed E-state index contributed by atoms with van der Waals surface area (Å²) >= 11 is 0. The van der Waals surface area contributed by atoms with Crippen LogP contribution >= 0.6 is 0 Å². The normalized spacial score (nSPS) is 17.2. The number of aromatic nitrogens is 4. The molecular weight excluding hydrogens is 298 g/mol. The summed E-state index contributed by atoms with van der Waals surface area (Å²) in [5.41, 5.74) is 4.00. The number of allylic oxidation sites excluding steroid dienone is 2. The molecule has 116 valence electrons. The molecule has 3 heterocycles. The lowest BCUT2D eigenvalue weighted by molar-refractivity contribution is 0.764. The standard InChI is InChI=1S/C19H15N5/c1-2-8-14-13(7-1)20-18(21-14)17-11-5-6-12-24(17)19-22-15-9-3-4-10-16(15)23-19/h1-12,17H,(H,20,21)(H,22,23). The molecule has 0 amide bonds. The van der Waals surface area contributed by atoms with Crippen LogP contribution in [0.1, 0.15) is 11.9 Å². The number of hydrogen-bond donors (Lipinski definition) is 2. The molecule has 0 saturated carbocycles. The Hall–Kier alpha value is -3.34. The van der Waals surface area contributed by atoms with Crippen LogP contribution in [0.2, 0.25) is 0 Å². The Labute approximate surface area is 138 Å². The van der Waals surface area contributed by atoms with Gasteiger partial charge in [0.05, 0.1) is 22.1 Å². The van der Waals surface area contributed by atoms with Crippen molar-refractivity contribution in [3.05, 3.63) is 78.8 Å². The molecule has 0 saturated heterocycles. The molecule has 2 N–H and O–H groups in total. The molecule has 1 aliphatic rings. The van der Waals surface area contributed by atoms with Gasteiger partial charge in [-0.05, 0) is 30.3 Å². The van der Waals surface area contributed by atoms with Crippen molar-refractivity contribution in [3.63, 3.8) is 0 Å². The summed E-state index contributed by atoms with van der Waals surface area (Å²) < 4.78 is 0. The molecule has 1 unspecified atom stereocenters. The molecule has 5 heteroatoms. The van der Waals surface area contributed by atoms with Crippen LogP contribution < -0.4 is 4.90 Å². The second kappa shape index (κ2) is 5.09. The molecule has 1 aliphatic heterocycles. The highest BCUT2D eigenvalue weighted by molar-refractivity contribution is 5.78. The maximum atomic E-state index is 4.74. The Morgan fingerprint density at radius 2 is 1.50 bits per heavy atom. The molecular formula is C19H15N5. The molecule has 5 rings (SSSR count). The SMILES string of the molecule is C1=CC(c2nc3ccccc3[nH]2)N(c2nc3ccccc3[nH]2)C=C1. The van der Waals surface area contributed by atoms with E-state index >= 15 is 0 Å². The lowest BCUT2D eigenvalue weighted by Gasteiger charge is -2.26. The van der Waals surface area contributed by atoms with Crippen LogP contribution in [-0.2, 0) is 0 Å². The van der Waals surface area contributed by atoms with E-state index in [9.17, 15) is 0 Å². The Kier molecular flexibility index (Phi) is 2.79. The lowest BCUT2D eigenvalue weighted by atomic mass is 10.2. The third-order valence-electron chi connectivity index (χ3n) is 4.26. The van der Waals surface area contributed by atoms with Gasteiger partial charge in [-0.15, -0.1) is 0 Å². The number of benzene rings is 2. The van der Waals surface area contributed by atoms with E-state index in [4.69, 9.17) is 9.97 Å². The Balaban J connectivity index is 1.60. The van der Waals surface area contributed by atoms with E-state index < -0.39 is 0 Å². The monoisotopic (exact) mass is 313 g/mol. The highest BCUT2D eigenvalue weighted by Crippen LogP contribution is 2.30. The third kappa shape index (κ3) is 2.02. The summed E-state index contributed by atoms with van der Waals surface area (Å²) in [6.45, 7) is 0. The summed E-state index contributed by atoms with van der Waals surface area (Å²) in [6, 6.07) is 16.1. The average molecular weight is 313 g/mol. The van der Waals surface area contributed by atoms with Gasteiger partial charge < -0.3 is 14.9 Å². The van der Waals surface area contributed by atoms with E-state index in [-0.39, 0.29) is 6.04 Å². The number of nitrogens with zero attached hydrogens (tertiary/aromatic N) is 3. The molecule has 2 aromatic heterocycles. The fraction of sp³-hybridized carbons (Fsp3) is 0.0526. The van der Waals surface area contributed by atoms with Gasteiger partial charge in [0.25, 0.3) is 0 Å². The van der Waals surface area contributed by atoms with Gasteiger partial charge in [-0.3, -0.25) is 0 Å². The quantitative estimate of drug-likeness (QED) is 0.586. The van der Waals surface area contributed by atoms with Crippen molar-refractivity contribution in [2.24, 2.45) is 0 Å². The van der Waals surface area contributed by atoms with Gasteiger partial charge >= 0.3 is 0 Å². The maximum absolute atomic E-state index is 4.74. The summed E-state index contributed by atoms with van der Waals surface area (Å²) in [4.78, 5) is 18.4. The van der Waals surface area contributed by atoms with Crippen molar-refractivity contribution in [1.29, 1.82) is 0 Å². The molecule has 0 fully saturated rings. The Bertz CT molecular complexity index is 931. The van der Waals surface area contributed by atoms with Gasteiger partial charge in [-0.25, -0.2) is 9.97 Å². The number of imidazole rings is 2. The number of nitrogens with one attached hydrogen (secondary N) is 2. The Morgan fingerprint density at radius 1 is 0.792 bits per heavy atom. The second-order valence-corrected chi connectivity index (χ2v) is 5.80. The van der Waals surface area contributed by atoms with Crippen LogP contribution in [0.3, 0.4) is 0 Å². The summed E-state index contributed by atoms with van der Waals surface area (Å²) in [5, 5.41) is 0. The number of anilines is 1. The zero-order chi connectivity index (χ0) is 15.9. The van der Waals surface area contributed by atoms with E-state index in [1.165, 1.54) is 0 Å². The van der Waals surface area contributed by atoms with E-state index in [0.29, 0.717) is 0 Å². The summed E-state index contributed by atoms with van der Waals surface area (Å²) in [7, 11) is 0. The van der Waals surface area contributed by atoms with Crippen LogP contribution in [0.4, 0.5) is 5.95 Å². The highest BCUT2D eigenvalue weighted by Gasteiger charge is 2.23. The van der Waals surface area contributed by atoms with E-state index in [2.05, 4.69) is 20.9 Å². The summed E-state index contributed by atoms with van der Waals surface area (Å²) in [6.07, 6.45) is 8.18. The van der Waals surface area contributed by atoms with Gasteiger partial charge in [0.1, 0.15) is 11.9 Å². The predicted molar refractivity (Wildman–Crippen MR) is 95.7 cm³/mol. The molecule has 24 heavy (non-hydrogen) atoms. The molecule has 4 aromatic rings. The number of fused-ring (bicyclic) bond motifs is 2. The van der Waals surface area contributed by atoms with Gasteiger partial charge in [0, 0.05) is 6.20 Å². The van der Waals surface area contributed by atoms with E-state index in [1.807, 2.05) is 66.9 Å². The first-order valence-corrected chi connectivity index (χ1v) is 7.91. The number of rotatable bonds is 2. The van der Waals surface area contributed by atoms with E-state index in [0.717, 1.165) is 33.8 Å². The Morgan fingerprint density at radius 3 is 2.25 bits per heavy atom.